The molecule has 106 valence electrons. The number of hydrogen-bond donors (Lipinski definition) is 4. The molecule has 0 aromatic heterocycles. The first-order valence-corrected chi connectivity index (χ1v) is 9.05. The average molecular weight is 325 g/mol. The van der Waals surface area contributed by atoms with Crippen molar-refractivity contribution in [1.29, 1.82) is 0 Å². The van der Waals surface area contributed by atoms with Crippen LogP contribution >= 0.6 is 6.57 Å². The van der Waals surface area contributed by atoms with E-state index in [-0.39, 0.29) is 4.90 Å². The van der Waals surface area contributed by atoms with Crippen LogP contribution in [0.5, 0.6) is 5.75 Å². The van der Waals surface area contributed by atoms with E-state index in [0.717, 1.165) is 0 Å². The molecule has 0 fully saturated rings. The highest BCUT2D eigenvalue weighted by molar-refractivity contribution is 8.10. The fraction of sp³-hybridized carbons (Fsp3) is 0.125. The lowest BCUT2D eigenvalue weighted by atomic mass is 10.3. The summed E-state index contributed by atoms with van der Waals surface area (Å²) in [5.41, 5.74) is 5.03. The van der Waals surface area contributed by atoms with E-state index in [2.05, 4.69) is 11.8 Å². The first kappa shape index (κ1) is 15.9. The second kappa shape index (κ2) is 5.85. The van der Waals surface area contributed by atoms with Crippen molar-refractivity contribution in [3.05, 3.63) is 24.3 Å². The Balaban J connectivity index is 2.86. The molecule has 19 heavy (non-hydrogen) atoms. The molecule has 0 heterocycles. The summed E-state index contributed by atoms with van der Waals surface area (Å²) in [6.07, 6.45) is 0. The third kappa shape index (κ3) is 5.13. The van der Waals surface area contributed by atoms with Crippen molar-refractivity contribution in [1.82, 2.24) is 9.81 Å². The van der Waals surface area contributed by atoms with Crippen LogP contribution in [0.3, 0.4) is 0 Å². The zero-order valence-corrected chi connectivity index (χ0v) is 12.3. The summed E-state index contributed by atoms with van der Waals surface area (Å²) < 4.78 is 30.1. The number of methoxy groups -OCH3 is 1. The van der Waals surface area contributed by atoms with Gasteiger partial charge >= 0.3 is 6.03 Å². The monoisotopic (exact) mass is 325 g/mol. The molecule has 1 rings (SSSR count). The number of sulfonamides is 1. The SMILES string of the molecule is COc1ccc(S(=O)(=O)NC(=O)NP(N)(O)=S)cc1. The summed E-state index contributed by atoms with van der Waals surface area (Å²) in [6, 6.07) is 4.17. The molecular weight excluding hydrogens is 313 g/mol. The maximum Gasteiger partial charge on any atom is 0.335 e. The molecule has 1 atom stereocenters. The van der Waals surface area contributed by atoms with Gasteiger partial charge in [0, 0.05) is 0 Å². The van der Waals surface area contributed by atoms with Crippen LogP contribution in [-0.4, -0.2) is 26.5 Å². The van der Waals surface area contributed by atoms with Crippen LogP contribution in [0.15, 0.2) is 29.2 Å². The maximum absolute atomic E-state index is 11.8. The van der Waals surface area contributed by atoms with Crippen molar-refractivity contribution < 1.29 is 22.8 Å². The highest BCUT2D eigenvalue weighted by Gasteiger charge is 2.19. The number of nitrogens with two attached hydrogens (primary N) is 1. The third-order valence-electron chi connectivity index (χ3n) is 1.86. The highest BCUT2D eigenvalue weighted by atomic mass is 32.4. The Kier molecular flexibility index (Phi) is 4.88. The smallest absolute Gasteiger partial charge is 0.335 e. The number of amides is 2. The maximum atomic E-state index is 11.8. The Morgan fingerprint density at radius 1 is 1.42 bits per heavy atom. The van der Waals surface area contributed by atoms with Crippen LogP contribution in [0, 0.1) is 0 Å². The number of ether oxygens (including phenoxy) is 1. The summed E-state index contributed by atoms with van der Waals surface area (Å²) in [7, 11) is -2.63. The van der Waals surface area contributed by atoms with Crippen molar-refractivity contribution in [2.45, 2.75) is 4.90 Å². The standard InChI is InChI=1S/C8H12N3O5PS2/c1-16-6-2-4-7(5-3-6)19(14,15)11-8(12)10-17(9,13)18/h2-5H,1H3,(H5,9,10,11,12,13,18). The lowest BCUT2D eigenvalue weighted by molar-refractivity contribution is 0.250. The van der Waals surface area contributed by atoms with Crippen molar-refractivity contribution in [3.63, 3.8) is 0 Å². The molecule has 0 aliphatic rings. The number of hydrogen-bond acceptors (Lipinski definition) is 5. The minimum atomic E-state index is -4.07. The van der Waals surface area contributed by atoms with Gasteiger partial charge in [0.25, 0.3) is 10.0 Å². The molecular formula is C8H12N3O5PS2. The fourth-order valence-electron chi connectivity index (χ4n) is 1.10. The Hall–Kier alpha value is -1.19. The first-order chi connectivity index (χ1) is 8.64. The van der Waals surface area contributed by atoms with Gasteiger partial charge in [-0.15, -0.1) is 0 Å². The van der Waals surface area contributed by atoms with E-state index in [1.54, 1.807) is 9.81 Å². The van der Waals surface area contributed by atoms with E-state index < -0.39 is 22.6 Å². The van der Waals surface area contributed by atoms with Crippen molar-refractivity contribution >= 4 is 34.4 Å². The van der Waals surface area contributed by atoms with Gasteiger partial charge in [0.1, 0.15) is 5.75 Å². The van der Waals surface area contributed by atoms with Crippen LogP contribution in [-0.2, 0) is 21.8 Å². The lowest BCUT2D eigenvalue weighted by Gasteiger charge is -2.12. The quantitative estimate of drug-likeness (QED) is 0.567. The summed E-state index contributed by atoms with van der Waals surface area (Å²) >= 11 is 4.36. The van der Waals surface area contributed by atoms with E-state index in [1.807, 2.05) is 0 Å². The molecule has 0 aliphatic heterocycles. The van der Waals surface area contributed by atoms with Gasteiger partial charge in [-0.05, 0) is 36.1 Å². The third-order valence-corrected chi connectivity index (χ3v) is 4.00. The second-order valence-corrected chi connectivity index (χ2v) is 8.17. The molecule has 1 aromatic carbocycles. The van der Waals surface area contributed by atoms with Gasteiger partial charge in [-0.25, -0.2) is 17.9 Å². The van der Waals surface area contributed by atoms with Crippen molar-refractivity contribution in [2.24, 2.45) is 5.50 Å². The summed E-state index contributed by atoms with van der Waals surface area (Å²) in [4.78, 5) is 20.2. The second-order valence-electron chi connectivity index (χ2n) is 3.34. The van der Waals surface area contributed by atoms with Gasteiger partial charge in [0.2, 0.25) is 6.57 Å². The predicted octanol–water partition coefficient (Wildman–Crippen LogP) is -0.141. The minimum Gasteiger partial charge on any atom is -0.497 e. The van der Waals surface area contributed by atoms with Gasteiger partial charge in [-0.3, -0.25) is 10.6 Å². The van der Waals surface area contributed by atoms with Gasteiger partial charge < -0.3 is 9.63 Å². The number of rotatable bonds is 4. The molecule has 11 heteroatoms. The van der Waals surface area contributed by atoms with E-state index in [9.17, 15) is 13.2 Å². The molecule has 5 N–H and O–H groups in total. The molecule has 0 bridgehead atoms. The highest BCUT2D eigenvalue weighted by Crippen LogP contribution is 2.23. The molecule has 0 radical (unpaired) electrons. The molecule has 8 nitrogen and oxygen atoms in total. The van der Waals surface area contributed by atoms with E-state index in [1.165, 1.54) is 31.4 Å². The minimum absolute atomic E-state index is 0.147. The van der Waals surface area contributed by atoms with Crippen LogP contribution in [0.2, 0.25) is 0 Å². The Labute approximate surface area is 115 Å². The van der Waals surface area contributed by atoms with E-state index >= 15 is 0 Å². The van der Waals surface area contributed by atoms with Gasteiger partial charge in [-0.2, -0.15) is 0 Å². The zero-order chi connectivity index (χ0) is 14.7. The number of benzene rings is 1. The van der Waals surface area contributed by atoms with E-state index in [4.69, 9.17) is 15.1 Å². The summed E-state index contributed by atoms with van der Waals surface area (Å²) in [5.74, 6) is 0.469. The molecule has 2 amide bonds. The van der Waals surface area contributed by atoms with Crippen LogP contribution in [0.1, 0.15) is 0 Å². The molecule has 0 spiro atoms. The fourth-order valence-corrected chi connectivity index (χ4v) is 2.68. The number of urea groups is 1. The summed E-state index contributed by atoms with van der Waals surface area (Å²) in [6.45, 7) is -3.53. The van der Waals surface area contributed by atoms with Gasteiger partial charge in [0.05, 0.1) is 12.0 Å². The predicted molar refractivity (Wildman–Crippen MR) is 72.5 cm³/mol. The number of carbonyl (C=O) groups excluding carboxylic acids is 1. The topological polar surface area (TPSA) is 131 Å². The zero-order valence-electron chi connectivity index (χ0n) is 9.73. The van der Waals surface area contributed by atoms with Crippen LogP contribution in [0.4, 0.5) is 4.79 Å². The largest absolute Gasteiger partial charge is 0.497 e. The van der Waals surface area contributed by atoms with E-state index in [0.29, 0.717) is 5.75 Å². The molecule has 0 aliphatic carbocycles. The molecule has 0 saturated heterocycles. The van der Waals surface area contributed by atoms with Crippen molar-refractivity contribution in [3.8, 4) is 5.75 Å². The molecule has 1 unspecified atom stereocenters. The Morgan fingerprint density at radius 3 is 2.37 bits per heavy atom. The molecule has 0 saturated carbocycles. The normalized spacial score (nSPS) is 14.3. The van der Waals surface area contributed by atoms with Crippen LogP contribution in [0.25, 0.3) is 0 Å². The summed E-state index contributed by atoms with van der Waals surface area (Å²) in [5, 5.41) is 1.77. The Morgan fingerprint density at radius 2 is 1.95 bits per heavy atom. The van der Waals surface area contributed by atoms with Crippen LogP contribution < -0.4 is 20.1 Å². The van der Waals surface area contributed by atoms with Gasteiger partial charge in [-0.1, -0.05) is 0 Å². The van der Waals surface area contributed by atoms with Crippen molar-refractivity contribution in [2.75, 3.05) is 7.11 Å². The number of carbonyl (C=O) groups is 1. The molecule has 1 aromatic rings. The lowest BCUT2D eigenvalue weighted by Crippen LogP contribution is -2.38. The van der Waals surface area contributed by atoms with Gasteiger partial charge in [0.15, 0.2) is 0 Å². The Bertz CT molecular complexity index is 610. The average Bonchev–Trinajstić information content (AvgIpc) is 2.25. The number of nitrogens with one attached hydrogen (secondary N) is 2. The first-order valence-electron chi connectivity index (χ1n) is 4.74.